The maximum Gasteiger partial charge on any atom is 0.408 e. The number of ether oxygens (including phenoxy) is 1. The monoisotopic (exact) mass is 213 g/mol. The maximum absolute atomic E-state index is 11.2. The third-order valence-electron chi connectivity index (χ3n) is 3.07. The van der Waals surface area contributed by atoms with Gasteiger partial charge in [-0.15, -0.1) is 0 Å². The lowest BCUT2D eigenvalue weighted by molar-refractivity contribution is -0.141. The number of carbonyl (C=O) groups is 2. The van der Waals surface area contributed by atoms with E-state index in [-0.39, 0.29) is 18.4 Å². The van der Waals surface area contributed by atoms with Gasteiger partial charge in [0.25, 0.3) is 0 Å². The van der Waals surface area contributed by atoms with E-state index in [4.69, 9.17) is 5.11 Å². The highest BCUT2D eigenvalue weighted by atomic mass is 16.5. The summed E-state index contributed by atoms with van der Waals surface area (Å²) in [4.78, 5) is 22.2. The average molecular weight is 213 g/mol. The van der Waals surface area contributed by atoms with Crippen molar-refractivity contribution in [2.75, 3.05) is 6.61 Å². The van der Waals surface area contributed by atoms with Crippen LogP contribution in [0.4, 0.5) is 4.79 Å². The SMILES string of the molecule is C=CCOC(=O)NC1(C(=O)O)C(C)[C@H]1C. The van der Waals surface area contributed by atoms with Crippen LogP contribution in [0, 0.1) is 11.8 Å². The number of aliphatic carboxylic acids is 1. The molecule has 0 aromatic heterocycles. The molecule has 5 nitrogen and oxygen atoms in total. The molecule has 1 saturated carbocycles. The van der Waals surface area contributed by atoms with E-state index in [1.54, 1.807) is 13.8 Å². The van der Waals surface area contributed by atoms with Crippen molar-refractivity contribution in [3.8, 4) is 0 Å². The molecule has 1 fully saturated rings. The van der Waals surface area contributed by atoms with E-state index >= 15 is 0 Å². The van der Waals surface area contributed by atoms with E-state index in [0.29, 0.717) is 0 Å². The summed E-state index contributed by atoms with van der Waals surface area (Å²) in [5, 5.41) is 11.4. The van der Waals surface area contributed by atoms with Gasteiger partial charge in [-0.25, -0.2) is 9.59 Å². The van der Waals surface area contributed by atoms with E-state index < -0.39 is 17.6 Å². The largest absolute Gasteiger partial charge is 0.479 e. The molecule has 3 atom stereocenters. The van der Waals surface area contributed by atoms with Crippen LogP contribution in [0.3, 0.4) is 0 Å². The zero-order valence-electron chi connectivity index (χ0n) is 8.82. The minimum atomic E-state index is -1.15. The van der Waals surface area contributed by atoms with E-state index in [2.05, 4.69) is 16.6 Å². The van der Waals surface area contributed by atoms with Gasteiger partial charge in [0.2, 0.25) is 0 Å². The molecule has 0 bridgehead atoms. The molecule has 0 aliphatic heterocycles. The first-order valence-corrected chi connectivity index (χ1v) is 4.76. The van der Waals surface area contributed by atoms with Crippen molar-refractivity contribution in [3.63, 3.8) is 0 Å². The molecule has 15 heavy (non-hydrogen) atoms. The van der Waals surface area contributed by atoms with Gasteiger partial charge >= 0.3 is 12.1 Å². The van der Waals surface area contributed by atoms with Crippen molar-refractivity contribution in [1.29, 1.82) is 0 Å². The van der Waals surface area contributed by atoms with Gasteiger partial charge in [-0.1, -0.05) is 26.5 Å². The second-order valence-electron chi connectivity index (χ2n) is 3.76. The Kier molecular flexibility index (Phi) is 3.02. The zero-order chi connectivity index (χ0) is 11.6. The summed E-state index contributed by atoms with van der Waals surface area (Å²) in [5.74, 6) is -1.17. The summed E-state index contributed by atoms with van der Waals surface area (Å²) in [5.41, 5.74) is -1.15. The minimum Gasteiger partial charge on any atom is -0.479 e. The van der Waals surface area contributed by atoms with E-state index in [9.17, 15) is 9.59 Å². The van der Waals surface area contributed by atoms with Crippen molar-refractivity contribution in [2.24, 2.45) is 11.8 Å². The minimum absolute atomic E-state index is 0.0737. The molecule has 84 valence electrons. The lowest BCUT2D eigenvalue weighted by Crippen LogP contribution is -2.46. The van der Waals surface area contributed by atoms with Crippen molar-refractivity contribution in [3.05, 3.63) is 12.7 Å². The topological polar surface area (TPSA) is 75.6 Å². The Morgan fingerprint density at radius 1 is 1.53 bits per heavy atom. The number of alkyl carbamates (subject to hydrolysis) is 1. The van der Waals surface area contributed by atoms with Gasteiger partial charge < -0.3 is 15.2 Å². The second-order valence-corrected chi connectivity index (χ2v) is 3.76. The predicted octanol–water partition coefficient (Wildman–Crippen LogP) is 1.01. The summed E-state index contributed by atoms with van der Waals surface area (Å²) in [6.45, 7) is 7.03. The molecule has 1 aliphatic carbocycles. The third kappa shape index (κ3) is 1.82. The van der Waals surface area contributed by atoms with Gasteiger partial charge in [0.1, 0.15) is 12.1 Å². The van der Waals surface area contributed by atoms with E-state index in [1.165, 1.54) is 6.08 Å². The summed E-state index contributed by atoms with van der Waals surface area (Å²) >= 11 is 0. The number of carboxylic acids is 1. The van der Waals surface area contributed by atoms with Gasteiger partial charge in [0.05, 0.1) is 0 Å². The van der Waals surface area contributed by atoms with Crippen LogP contribution in [0.25, 0.3) is 0 Å². The number of hydrogen-bond acceptors (Lipinski definition) is 3. The molecule has 1 amide bonds. The first-order chi connectivity index (χ1) is 6.96. The second kappa shape index (κ2) is 3.92. The average Bonchev–Trinajstić information content (AvgIpc) is 2.69. The lowest BCUT2D eigenvalue weighted by Gasteiger charge is -2.14. The number of carbonyl (C=O) groups excluding carboxylic acids is 1. The molecule has 0 spiro atoms. The lowest BCUT2D eigenvalue weighted by atomic mass is 10.2. The standard InChI is InChI=1S/C10H15NO4/c1-4-5-15-9(14)11-10(8(12)13)6(2)7(10)3/h4,6-7H,1,5H2,2-3H3,(H,11,14)(H,12,13)/t6-,7?,10?/m1/s1. The van der Waals surface area contributed by atoms with Gasteiger partial charge in [0.15, 0.2) is 0 Å². The molecule has 5 heteroatoms. The maximum atomic E-state index is 11.2. The van der Waals surface area contributed by atoms with Crippen molar-refractivity contribution in [2.45, 2.75) is 19.4 Å². The molecule has 0 saturated heterocycles. The molecule has 0 heterocycles. The molecule has 0 aromatic rings. The van der Waals surface area contributed by atoms with Crippen molar-refractivity contribution >= 4 is 12.1 Å². The van der Waals surface area contributed by atoms with Crippen LogP contribution in [0.2, 0.25) is 0 Å². The summed E-state index contributed by atoms with van der Waals surface area (Å²) in [7, 11) is 0. The van der Waals surface area contributed by atoms with Gasteiger partial charge in [0, 0.05) is 0 Å². The molecular weight excluding hydrogens is 198 g/mol. The fourth-order valence-corrected chi connectivity index (χ4v) is 1.79. The Hall–Kier alpha value is -1.52. The molecule has 1 rings (SSSR count). The molecule has 0 aromatic carbocycles. The highest BCUT2D eigenvalue weighted by Crippen LogP contribution is 2.50. The van der Waals surface area contributed by atoms with Crippen LogP contribution in [-0.4, -0.2) is 29.3 Å². The Balaban J connectivity index is 2.59. The Bertz CT molecular complexity index is 292. The fourth-order valence-electron chi connectivity index (χ4n) is 1.79. The number of hydrogen-bond donors (Lipinski definition) is 2. The zero-order valence-corrected chi connectivity index (χ0v) is 8.82. The fraction of sp³-hybridized carbons (Fsp3) is 0.600. The Morgan fingerprint density at radius 2 is 2.07 bits per heavy atom. The number of amides is 1. The van der Waals surface area contributed by atoms with Crippen LogP contribution in [0.1, 0.15) is 13.8 Å². The number of rotatable bonds is 4. The molecule has 2 unspecified atom stereocenters. The van der Waals surface area contributed by atoms with Crippen LogP contribution in [-0.2, 0) is 9.53 Å². The van der Waals surface area contributed by atoms with Crippen LogP contribution < -0.4 is 5.32 Å². The van der Waals surface area contributed by atoms with E-state index in [1.807, 2.05) is 0 Å². The highest BCUT2D eigenvalue weighted by Gasteiger charge is 2.66. The normalized spacial score (nSPS) is 32.9. The first-order valence-electron chi connectivity index (χ1n) is 4.76. The molecular formula is C10H15NO4. The van der Waals surface area contributed by atoms with Crippen molar-refractivity contribution in [1.82, 2.24) is 5.32 Å². The van der Waals surface area contributed by atoms with Crippen LogP contribution in [0.15, 0.2) is 12.7 Å². The van der Waals surface area contributed by atoms with Gasteiger partial charge in [-0.05, 0) is 11.8 Å². The van der Waals surface area contributed by atoms with E-state index in [0.717, 1.165) is 0 Å². The Labute approximate surface area is 88.1 Å². The smallest absolute Gasteiger partial charge is 0.408 e. The molecule has 1 aliphatic rings. The Morgan fingerprint density at radius 3 is 2.40 bits per heavy atom. The summed E-state index contributed by atoms with van der Waals surface area (Å²) < 4.78 is 4.68. The molecule has 2 N–H and O–H groups in total. The first kappa shape index (κ1) is 11.6. The predicted molar refractivity (Wildman–Crippen MR) is 53.4 cm³/mol. The van der Waals surface area contributed by atoms with Gasteiger partial charge in [-0.2, -0.15) is 0 Å². The molecule has 0 radical (unpaired) electrons. The number of nitrogens with one attached hydrogen (secondary N) is 1. The third-order valence-corrected chi connectivity index (χ3v) is 3.07. The van der Waals surface area contributed by atoms with Gasteiger partial charge in [-0.3, -0.25) is 0 Å². The van der Waals surface area contributed by atoms with Crippen LogP contribution in [0.5, 0.6) is 0 Å². The van der Waals surface area contributed by atoms with Crippen LogP contribution >= 0.6 is 0 Å². The summed E-state index contributed by atoms with van der Waals surface area (Å²) in [6.07, 6.45) is 0.709. The highest BCUT2D eigenvalue weighted by molar-refractivity contribution is 5.88. The summed E-state index contributed by atoms with van der Waals surface area (Å²) in [6, 6.07) is 0. The van der Waals surface area contributed by atoms with Crippen molar-refractivity contribution < 1.29 is 19.4 Å². The quantitative estimate of drug-likeness (QED) is 0.683. The number of carboxylic acid groups (broad SMARTS) is 1.